The number of hydrogen-bond donors (Lipinski definition) is 0. The van der Waals surface area contributed by atoms with Gasteiger partial charge in [0.1, 0.15) is 17.1 Å². The zero-order valence-electron chi connectivity index (χ0n) is 21.1. The molecular weight excluding hydrogens is 521 g/mol. The molecule has 0 spiro atoms. The van der Waals surface area contributed by atoms with Crippen molar-refractivity contribution in [2.75, 3.05) is 0 Å². The molecule has 200 valence electrons. The first kappa shape index (κ1) is 26.5. The number of halogens is 3. The SMILES string of the molecule is Cc1ccc(C=CC(=O)Oc2ccc3c(=O)c(Oc4ccc(-c5ccccc5)cc4)c(C(F)(F)F)oc3c2)cc1. The molecule has 0 radical (unpaired) electrons. The summed E-state index contributed by atoms with van der Waals surface area (Å²) in [6.45, 7) is 1.93. The summed E-state index contributed by atoms with van der Waals surface area (Å²) in [6, 6.07) is 26.6. The summed E-state index contributed by atoms with van der Waals surface area (Å²) in [5.41, 5.74) is 2.15. The highest BCUT2D eigenvalue weighted by Crippen LogP contribution is 2.39. The Labute approximate surface area is 226 Å². The lowest BCUT2D eigenvalue weighted by Crippen LogP contribution is -2.15. The van der Waals surface area contributed by atoms with E-state index in [0.717, 1.165) is 28.3 Å². The lowest BCUT2D eigenvalue weighted by molar-refractivity contribution is -0.154. The third-order valence-corrected chi connectivity index (χ3v) is 5.97. The molecule has 0 N–H and O–H groups in total. The van der Waals surface area contributed by atoms with Gasteiger partial charge in [-0.05, 0) is 54.0 Å². The molecule has 0 aliphatic rings. The second-order valence-electron chi connectivity index (χ2n) is 8.90. The van der Waals surface area contributed by atoms with Crippen LogP contribution in [0.5, 0.6) is 17.2 Å². The van der Waals surface area contributed by atoms with Crippen LogP contribution in [0.4, 0.5) is 13.2 Å². The average Bonchev–Trinajstić information content (AvgIpc) is 2.94. The van der Waals surface area contributed by atoms with Gasteiger partial charge in [-0.15, -0.1) is 0 Å². The Balaban J connectivity index is 1.42. The molecule has 1 aromatic heterocycles. The Bertz CT molecular complexity index is 1750. The van der Waals surface area contributed by atoms with Crippen molar-refractivity contribution in [2.24, 2.45) is 0 Å². The lowest BCUT2D eigenvalue weighted by atomic mass is 10.1. The van der Waals surface area contributed by atoms with Crippen molar-refractivity contribution in [3.8, 4) is 28.4 Å². The number of rotatable bonds is 6. The van der Waals surface area contributed by atoms with E-state index < -0.39 is 34.7 Å². The molecular formula is C32H21F3O5. The van der Waals surface area contributed by atoms with Crippen molar-refractivity contribution in [2.45, 2.75) is 13.1 Å². The number of ether oxygens (including phenoxy) is 2. The fourth-order valence-corrected chi connectivity index (χ4v) is 3.96. The first-order valence-corrected chi connectivity index (χ1v) is 12.2. The molecule has 0 saturated carbocycles. The molecule has 40 heavy (non-hydrogen) atoms. The molecule has 4 aromatic carbocycles. The van der Waals surface area contributed by atoms with E-state index in [9.17, 15) is 22.8 Å². The summed E-state index contributed by atoms with van der Waals surface area (Å²) >= 11 is 0. The maximum Gasteiger partial charge on any atom is 0.453 e. The van der Waals surface area contributed by atoms with Crippen LogP contribution in [0.1, 0.15) is 16.9 Å². The van der Waals surface area contributed by atoms with Gasteiger partial charge < -0.3 is 13.9 Å². The summed E-state index contributed by atoms with van der Waals surface area (Å²) < 4.78 is 57.5. The highest BCUT2D eigenvalue weighted by Gasteiger charge is 2.40. The van der Waals surface area contributed by atoms with Crippen molar-refractivity contribution < 1.29 is 31.9 Å². The fraction of sp³-hybridized carbons (Fsp3) is 0.0625. The Kier molecular flexibility index (Phi) is 7.25. The molecule has 8 heteroatoms. The predicted molar refractivity (Wildman–Crippen MR) is 145 cm³/mol. The van der Waals surface area contributed by atoms with Crippen LogP contribution in [0.15, 0.2) is 112 Å². The number of carbonyl (C=O) groups excluding carboxylic acids is 1. The van der Waals surface area contributed by atoms with Crippen molar-refractivity contribution >= 4 is 23.0 Å². The second kappa shape index (κ2) is 10.9. The van der Waals surface area contributed by atoms with E-state index in [1.165, 1.54) is 30.3 Å². The Morgan fingerprint density at radius 2 is 1.48 bits per heavy atom. The Morgan fingerprint density at radius 3 is 2.15 bits per heavy atom. The van der Waals surface area contributed by atoms with Gasteiger partial charge >= 0.3 is 12.1 Å². The molecule has 5 rings (SSSR count). The topological polar surface area (TPSA) is 65.7 Å². The molecule has 5 aromatic rings. The zero-order chi connectivity index (χ0) is 28.3. The summed E-state index contributed by atoms with van der Waals surface area (Å²) in [6.07, 6.45) is -2.30. The molecule has 5 nitrogen and oxygen atoms in total. The molecule has 1 heterocycles. The maximum atomic E-state index is 13.9. The zero-order valence-corrected chi connectivity index (χ0v) is 21.1. The van der Waals surface area contributed by atoms with Gasteiger partial charge in [0.05, 0.1) is 5.39 Å². The minimum absolute atomic E-state index is 0.0303. The van der Waals surface area contributed by atoms with Gasteiger partial charge in [-0.25, -0.2) is 4.79 Å². The summed E-state index contributed by atoms with van der Waals surface area (Å²) in [5.74, 6) is -3.40. The largest absolute Gasteiger partial charge is 0.453 e. The van der Waals surface area contributed by atoms with Crippen LogP contribution in [0, 0.1) is 6.92 Å². The van der Waals surface area contributed by atoms with Gasteiger partial charge in [-0.3, -0.25) is 4.79 Å². The van der Waals surface area contributed by atoms with Crippen LogP contribution in [-0.4, -0.2) is 5.97 Å². The van der Waals surface area contributed by atoms with Crippen molar-refractivity contribution in [3.63, 3.8) is 0 Å². The summed E-state index contributed by atoms with van der Waals surface area (Å²) in [7, 11) is 0. The van der Waals surface area contributed by atoms with Crippen LogP contribution >= 0.6 is 0 Å². The van der Waals surface area contributed by atoms with Gasteiger partial charge in [0.25, 0.3) is 5.76 Å². The van der Waals surface area contributed by atoms with Gasteiger partial charge in [0, 0.05) is 12.1 Å². The van der Waals surface area contributed by atoms with E-state index in [-0.39, 0.29) is 16.9 Å². The standard InChI is InChI=1S/C32H21F3O5/c1-20-7-9-21(10-8-20)11-18-28(36)38-25-16-17-26-27(19-25)40-31(32(33,34)35)30(29(26)37)39-24-14-12-23(13-15-24)22-5-3-2-4-6-22/h2-19H,1H3. The number of hydrogen-bond acceptors (Lipinski definition) is 5. The van der Waals surface area contributed by atoms with Gasteiger partial charge in [0.2, 0.25) is 11.2 Å². The molecule has 0 fully saturated rings. The quantitative estimate of drug-likeness (QED) is 0.123. The van der Waals surface area contributed by atoms with Crippen molar-refractivity contribution in [3.05, 3.63) is 130 Å². The van der Waals surface area contributed by atoms with E-state index in [0.29, 0.717) is 0 Å². The van der Waals surface area contributed by atoms with E-state index in [1.807, 2.05) is 61.5 Å². The molecule has 0 atom stereocenters. The number of esters is 1. The molecule has 0 aliphatic carbocycles. The number of alkyl halides is 3. The number of carbonyl (C=O) groups is 1. The Hall–Kier alpha value is -5.11. The number of fused-ring (bicyclic) bond motifs is 1. The third kappa shape index (κ3) is 5.96. The third-order valence-electron chi connectivity index (χ3n) is 5.97. The normalized spacial score (nSPS) is 11.6. The molecule has 0 aliphatic heterocycles. The second-order valence-corrected chi connectivity index (χ2v) is 8.90. The first-order valence-electron chi connectivity index (χ1n) is 12.2. The van der Waals surface area contributed by atoms with Crippen molar-refractivity contribution in [1.82, 2.24) is 0 Å². The van der Waals surface area contributed by atoms with E-state index in [2.05, 4.69) is 0 Å². The highest BCUT2D eigenvalue weighted by atomic mass is 19.4. The van der Waals surface area contributed by atoms with Crippen LogP contribution in [-0.2, 0) is 11.0 Å². The van der Waals surface area contributed by atoms with Crippen LogP contribution < -0.4 is 14.9 Å². The van der Waals surface area contributed by atoms with Crippen LogP contribution in [0.25, 0.3) is 28.2 Å². The number of aryl methyl sites for hydroxylation is 1. The van der Waals surface area contributed by atoms with E-state index >= 15 is 0 Å². The molecule has 0 bridgehead atoms. The molecule has 0 saturated heterocycles. The van der Waals surface area contributed by atoms with Gasteiger partial charge in [-0.1, -0.05) is 72.3 Å². The van der Waals surface area contributed by atoms with Crippen molar-refractivity contribution in [1.29, 1.82) is 0 Å². The smallest absolute Gasteiger partial charge is 0.449 e. The molecule has 0 unspecified atom stereocenters. The van der Waals surface area contributed by atoms with Gasteiger partial charge in [0.15, 0.2) is 0 Å². The Morgan fingerprint density at radius 1 is 0.825 bits per heavy atom. The van der Waals surface area contributed by atoms with Gasteiger partial charge in [-0.2, -0.15) is 13.2 Å². The minimum atomic E-state index is -5.03. The maximum absolute atomic E-state index is 13.9. The molecule has 0 amide bonds. The van der Waals surface area contributed by atoms with E-state index in [1.54, 1.807) is 18.2 Å². The average molecular weight is 543 g/mol. The van der Waals surface area contributed by atoms with Crippen LogP contribution in [0.3, 0.4) is 0 Å². The van der Waals surface area contributed by atoms with E-state index in [4.69, 9.17) is 13.9 Å². The lowest BCUT2D eigenvalue weighted by Gasteiger charge is -2.14. The summed E-state index contributed by atoms with van der Waals surface area (Å²) in [4.78, 5) is 25.4. The predicted octanol–water partition coefficient (Wildman–Crippen LogP) is 8.20. The van der Waals surface area contributed by atoms with Crippen LogP contribution in [0.2, 0.25) is 0 Å². The minimum Gasteiger partial charge on any atom is -0.449 e. The fourth-order valence-electron chi connectivity index (χ4n) is 3.96. The highest BCUT2D eigenvalue weighted by molar-refractivity contribution is 5.89. The first-order chi connectivity index (χ1) is 19.2. The summed E-state index contributed by atoms with van der Waals surface area (Å²) in [5, 5.41) is -0.168. The number of benzene rings is 4. The monoisotopic (exact) mass is 542 g/mol.